The number of amides is 1. The zero-order valence-corrected chi connectivity index (χ0v) is 10.7. The fourth-order valence-corrected chi connectivity index (χ4v) is 1.78. The van der Waals surface area contributed by atoms with Crippen molar-refractivity contribution in [2.75, 3.05) is 12.9 Å². The second-order valence-electron chi connectivity index (χ2n) is 4.02. The minimum absolute atomic E-state index is 0.0216. The molecule has 90 valence electrons. The predicted molar refractivity (Wildman–Crippen MR) is 64.8 cm³/mol. The maximum Gasteiger partial charge on any atom is 0.237 e. The number of hydrogen-bond acceptors (Lipinski definition) is 4. The summed E-state index contributed by atoms with van der Waals surface area (Å²) in [5.41, 5.74) is 5.71. The summed E-state index contributed by atoms with van der Waals surface area (Å²) in [4.78, 5) is 11.6. The van der Waals surface area contributed by atoms with Crippen molar-refractivity contribution in [3.8, 4) is 0 Å². The minimum Gasteiger partial charge on any atom is -0.395 e. The van der Waals surface area contributed by atoms with Gasteiger partial charge < -0.3 is 16.2 Å². The number of thioether (sulfide) groups is 1. The van der Waals surface area contributed by atoms with Crippen molar-refractivity contribution in [3.63, 3.8) is 0 Å². The monoisotopic (exact) mass is 234 g/mol. The molecule has 0 aromatic rings. The molecule has 0 heterocycles. The number of rotatable bonds is 6. The van der Waals surface area contributed by atoms with E-state index in [1.165, 1.54) is 11.8 Å². The van der Waals surface area contributed by atoms with E-state index >= 15 is 0 Å². The Morgan fingerprint density at radius 3 is 2.33 bits per heavy atom. The van der Waals surface area contributed by atoms with E-state index in [0.717, 1.165) is 0 Å². The van der Waals surface area contributed by atoms with Crippen LogP contribution >= 0.6 is 11.8 Å². The maximum atomic E-state index is 11.6. The summed E-state index contributed by atoms with van der Waals surface area (Å²) >= 11 is 1.53. The van der Waals surface area contributed by atoms with Crippen molar-refractivity contribution in [1.29, 1.82) is 0 Å². The standard InChI is InChI=1S/C10H22N2O2S/c1-6(2)9(11)10(14)12-7(3)8(5-13)15-4/h6-9,13H,5,11H2,1-4H3,(H,12,14). The van der Waals surface area contributed by atoms with Crippen molar-refractivity contribution >= 4 is 17.7 Å². The molecule has 4 N–H and O–H groups in total. The first kappa shape index (κ1) is 14.7. The summed E-state index contributed by atoms with van der Waals surface area (Å²) < 4.78 is 0. The number of nitrogens with two attached hydrogens (primary N) is 1. The number of carbonyl (C=O) groups excluding carboxylic acids is 1. The molecular formula is C10H22N2O2S. The zero-order valence-electron chi connectivity index (χ0n) is 9.86. The summed E-state index contributed by atoms with van der Waals surface area (Å²) in [7, 11) is 0. The molecule has 3 atom stereocenters. The highest BCUT2D eigenvalue weighted by atomic mass is 32.2. The topological polar surface area (TPSA) is 75.3 Å². The highest BCUT2D eigenvalue weighted by molar-refractivity contribution is 7.99. The Labute approximate surface area is 96.0 Å². The molecule has 0 bridgehead atoms. The van der Waals surface area contributed by atoms with Gasteiger partial charge in [0, 0.05) is 11.3 Å². The molecule has 3 unspecified atom stereocenters. The normalized spacial score (nSPS) is 17.3. The largest absolute Gasteiger partial charge is 0.395 e. The van der Waals surface area contributed by atoms with E-state index in [1.54, 1.807) is 0 Å². The van der Waals surface area contributed by atoms with E-state index in [-0.39, 0.29) is 29.7 Å². The molecule has 0 aliphatic heterocycles. The van der Waals surface area contributed by atoms with Gasteiger partial charge in [0.05, 0.1) is 12.6 Å². The molecule has 0 rings (SSSR count). The first-order valence-electron chi connectivity index (χ1n) is 5.13. The highest BCUT2D eigenvalue weighted by Crippen LogP contribution is 2.10. The Morgan fingerprint density at radius 2 is 2.00 bits per heavy atom. The van der Waals surface area contributed by atoms with Gasteiger partial charge in [-0.3, -0.25) is 4.79 Å². The minimum atomic E-state index is -0.478. The zero-order chi connectivity index (χ0) is 12.0. The van der Waals surface area contributed by atoms with Gasteiger partial charge in [0.2, 0.25) is 5.91 Å². The van der Waals surface area contributed by atoms with E-state index < -0.39 is 6.04 Å². The third-order valence-corrected chi connectivity index (χ3v) is 3.59. The SMILES string of the molecule is CSC(CO)C(C)NC(=O)C(N)C(C)C. The molecule has 0 saturated carbocycles. The van der Waals surface area contributed by atoms with Gasteiger partial charge in [-0.1, -0.05) is 13.8 Å². The predicted octanol–water partition coefficient (Wildman–Crippen LogP) is 0.198. The molecule has 0 aliphatic carbocycles. The summed E-state index contributed by atoms with van der Waals surface area (Å²) in [6.45, 7) is 5.75. The first-order chi connectivity index (χ1) is 6.93. The van der Waals surface area contributed by atoms with Crippen LogP contribution in [-0.2, 0) is 4.79 Å². The van der Waals surface area contributed by atoms with Gasteiger partial charge in [-0.15, -0.1) is 0 Å². The Hall–Kier alpha value is -0.260. The average molecular weight is 234 g/mol. The quantitative estimate of drug-likeness (QED) is 0.613. The van der Waals surface area contributed by atoms with E-state index in [2.05, 4.69) is 5.32 Å². The Kier molecular flexibility index (Phi) is 6.96. The van der Waals surface area contributed by atoms with Crippen LogP contribution in [0.5, 0.6) is 0 Å². The number of aliphatic hydroxyl groups excluding tert-OH is 1. The molecule has 5 heteroatoms. The first-order valence-corrected chi connectivity index (χ1v) is 6.42. The third kappa shape index (κ3) is 4.86. The lowest BCUT2D eigenvalue weighted by Gasteiger charge is -2.24. The van der Waals surface area contributed by atoms with Crippen LogP contribution < -0.4 is 11.1 Å². The average Bonchev–Trinajstić information content (AvgIpc) is 2.18. The summed E-state index contributed by atoms with van der Waals surface area (Å²) in [5.74, 6) is -0.0240. The van der Waals surface area contributed by atoms with Crippen molar-refractivity contribution in [2.24, 2.45) is 11.7 Å². The van der Waals surface area contributed by atoms with Crippen LogP contribution in [0.2, 0.25) is 0 Å². The molecule has 0 fully saturated rings. The van der Waals surface area contributed by atoms with E-state index in [9.17, 15) is 4.79 Å². The van der Waals surface area contributed by atoms with Crippen molar-refractivity contribution in [1.82, 2.24) is 5.32 Å². The fourth-order valence-electron chi connectivity index (χ4n) is 1.15. The van der Waals surface area contributed by atoms with Crippen LogP contribution in [0.3, 0.4) is 0 Å². The molecule has 1 amide bonds. The maximum absolute atomic E-state index is 11.6. The van der Waals surface area contributed by atoms with Gasteiger partial charge >= 0.3 is 0 Å². The van der Waals surface area contributed by atoms with E-state index in [0.29, 0.717) is 0 Å². The van der Waals surface area contributed by atoms with Crippen LogP contribution in [0.4, 0.5) is 0 Å². The lowest BCUT2D eigenvalue weighted by molar-refractivity contribution is -0.123. The Morgan fingerprint density at radius 1 is 1.47 bits per heavy atom. The van der Waals surface area contributed by atoms with Crippen LogP contribution in [0.15, 0.2) is 0 Å². The second kappa shape index (κ2) is 7.09. The smallest absolute Gasteiger partial charge is 0.237 e. The van der Waals surface area contributed by atoms with Crippen LogP contribution in [-0.4, -0.2) is 41.2 Å². The molecule has 0 aliphatic rings. The van der Waals surface area contributed by atoms with Crippen molar-refractivity contribution in [2.45, 2.75) is 38.1 Å². The summed E-state index contributed by atoms with van der Waals surface area (Å²) in [6, 6.07) is -0.545. The Balaban J connectivity index is 4.16. The van der Waals surface area contributed by atoms with Gasteiger partial charge in [-0.2, -0.15) is 11.8 Å². The van der Waals surface area contributed by atoms with E-state index in [1.807, 2.05) is 27.0 Å². The van der Waals surface area contributed by atoms with Crippen molar-refractivity contribution < 1.29 is 9.90 Å². The summed E-state index contributed by atoms with van der Waals surface area (Å²) in [5, 5.41) is 11.9. The third-order valence-electron chi connectivity index (χ3n) is 2.43. The van der Waals surface area contributed by atoms with Gasteiger partial charge in [0.25, 0.3) is 0 Å². The molecule has 0 radical (unpaired) electrons. The molecule has 0 spiro atoms. The Bertz CT molecular complexity index is 196. The van der Waals surface area contributed by atoms with E-state index in [4.69, 9.17) is 10.8 Å². The lowest BCUT2D eigenvalue weighted by atomic mass is 10.0. The van der Waals surface area contributed by atoms with Crippen LogP contribution in [0.1, 0.15) is 20.8 Å². The molecule has 0 saturated heterocycles. The number of nitrogens with one attached hydrogen (secondary N) is 1. The van der Waals surface area contributed by atoms with Gasteiger partial charge in [0.1, 0.15) is 0 Å². The van der Waals surface area contributed by atoms with Gasteiger partial charge in [-0.05, 0) is 19.1 Å². The van der Waals surface area contributed by atoms with Gasteiger partial charge in [-0.25, -0.2) is 0 Å². The van der Waals surface area contributed by atoms with Crippen LogP contribution in [0, 0.1) is 5.92 Å². The van der Waals surface area contributed by atoms with Crippen molar-refractivity contribution in [3.05, 3.63) is 0 Å². The number of aliphatic hydroxyl groups is 1. The lowest BCUT2D eigenvalue weighted by Crippen LogP contribution is -2.50. The number of carbonyl (C=O) groups is 1. The molecular weight excluding hydrogens is 212 g/mol. The highest BCUT2D eigenvalue weighted by Gasteiger charge is 2.22. The summed E-state index contributed by atoms with van der Waals surface area (Å²) in [6.07, 6.45) is 1.91. The molecule has 0 aromatic carbocycles. The molecule has 15 heavy (non-hydrogen) atoms. The fraction of sp³-hybridized carbons (Fsp3) is 0.900. The molecule has 4 nitrogen and oxygen atoms in total. The second-order valence-corrected chi connectivity index (χ2v) is 5.10. The molecule has 0 aromatic heterocycles. The number of hydrogen-bond donors (Lipinski definition) is 3. The van der Waals surface area contributed by atoms with Crippen LogP contribution in [0.25, 0.3) is 0 Å². The van der Waals surface area contributed by atoms with Gasteiger partial charge in [0.15, 0.2) is 0 Å².